The number of nitrogens with zero attached hydrogens (tertiary/aromatic N) is 1. The lowest BCUT2D eigenvalue weighted by Crippen LogP contribution is -2.40. The second kappa shape index (κ2) is 6.72. The Labute approximate surface area is 155 Å². The number of ether oxygens (including phenoxy) is 2. The lowest BCUT2D eigenvalue weighted by atomic mass is 10.1. The molecule has 4 rings (SSSR count). The molecule has 26 heavy (non-hydrogen) atoms. The van der Waals surface area contributed by atoms with E-state index in [1.54, 1.807) is 24.3 Å². The maximum Gasteiger partial charge on any atom is 0.270 e. The second-order valence-electron chi connectivity index (χ2n) is 5.93. The SMILES string of the molecule is Cc1[nH]nc(NC(=O)[C@H]2COc3ccccc3O2)c1-c1ccc(Cl)cc1. The molecule has 1 atom stereocenters. The van der Waals surface area contributed by atoms with Crippen LogP contribution in [0.5, 0.6) is 11.5 Å². The van der Waals surface area contributed by atoms with E-state index in [1.165, 1.54) is 0 Å². The number of fused-ring (bicyclic) bond motifs is 1. The Hall–Kier alpha value is -2.99. The van der Waals surface area contributed by atoms with Gasteiger partial charge in [-0.05, 0) is 36.8 Å². The molecule has 0 unspecified atom stereocenters. The average Bonchev–Trinajstić information content (AvgIpc) is 3.02. The molecule has 2 aromatic carbocycles. The topological polar surface area (TPSA) is 76.2 Å². The van der Waals surface area contributed by atoms with Crippen LogP contribution in [0.3, 0.4) is 0 Å². The van der Waals surface area contributed by atoms with E-state index >= 15 is 0 Å². The number of benzene rings is 2. The standard InChI is InChI=1S/C19H16ClN3O3/c1-11-17(12-6-8-13(20)9-7-12)18(23-22-11)21-19(24)16-10-25-14-4-2-3-5-15(14)26-16/h2-9,16H,10H2,1H3,(H2,21,22,23,24)/t16-/m1/s1. The normalized spacial score (nSPS) is 15.5. The van der Waals surface area contributed by atoms with E-state index in [1.807, 2.05) is 31.2 Å². The summed E-state index contributed by atoms with van der Waals surface area (Å²) in [5, 5.41) is 10.6. The fraction of sp³-hybridized carbons (Fsp3) is 0.158. The highest BCUT2D eigenvalue weighted by molar-refractivity contribution is 6.30. The van der Waals surface area contributed by atoms with Gasteiger partial charge in [0.25, 0.3) is 5.91 Å². The number of para-hydroxylation sites is 2. The zero-order chi connectivity index (χ0) is 18.1. The highest BCUT2D eigenvalue weighted by Crippen LogP contribution is 2.33. The number of aromatic nitrogens is 2. The largest absolute Gasteiger partial charge is 0.485 e. The van der Waals surface area contributed by atoms with E-state index in [0.717, 1.165) is 16.8 Å². The number of anilines is 1. The van der Waals surface area contributed by atoms with Crippen molar-refractivity contribution < 1.29 is 14.3 Å². The number of H-pyrrole nitrogens is 1. The van der Waals surface area contributed by atoms with Crippen molar-refractivity contribution in [1.82, 2.24) is 10.2 Å². The quantitative estimate of drug-likeness (QED) is 0.736. The van der Waals surface area contributed by atoms with E-state index in [9.17, 15) is 4.79 Å². The lowest BCUT2D eigenvalue weighted by Gasteiger charge is -2.25. The van der Waals surface area contributed by atoms with Crippen LogP contribution in [0.1, 0.15) is 5.69 Å². The van der Waals surface area contributed by atoms with Gasteiger partial charge in [0.15, 0.2) is 17.3 Å². The Bertz CT molecular complexity index is 953. The van der Waals surface area contributed by atoms with Crippen LogP contribution in [0.2, 0.25) is 5.02 Å². The summed E-state index contributed by atoms with van der Waals surface area (Å²) in [4.78, 5) is 12.6. The van der Waals surface area contributed by atoms with Gasteiger partial charge in [0.1, 0.15) is 6.61 Å². The van der Waals surface area contributed by atoms with Crippen molar-refractivity contribution in [2.75, 3.05) is 11.9 Å². The van der Waals surface area contributed by atoms with Gasteiger partial charge in [-0.15, -0.1) is 0 Å². The summed E-state index contributed by atoms with van der Waals surface area (Å²) < 4.78 is 11.3. The number of nitrogens with one attached hydrogen (secondary N) is 2. The second-order valence-corrected chi connectivity index (χ2v) is 6.37. The highest BCUT2D eigenvalue weighted by atomic mass is 35.5. The number of aryl methyl sites for hydroxylation is 1. The molecule has 0 spiro atoms. The zero-order valence-electron chi connectivity index (χ0n) is 14.0. The van der Waals surface area contributed by atoms with Crippen LogP contribution in [0.4, 0.5) is 5.82 Å². The maximum atomic E-state index is 12.6. The molecule has 1 amide bonds. The molecule has 0 saturated carbocycles. The first-order chi connectivity index (χ1) is 12.6. The Morgan fingerprint density at radius 1 is 1.19 bits per heavy atom. The predicted molar refractivity (Wildman–Crippen MR) is 98.8 cm³/mol. The Kier molecular flexibility index (Phi) is 4.26. The monoisotopic (exact) mass is 369 g/mol. The molecule has 0 fully saturated rings. The van der Waals surface area contributed by atoms with Crippen LogP contribution in [0.15, 0.2) is 48.5 Å². The van der Waals surface area contributed by atoms with Crippen molar-refractivity contribution in [3.05, 3.63) is 59.2 Å². The van der Waals surface area contributed by atoms with Crippen molar-refractivity contribution in [3.8, 4) is 22.6 Å². The van der Waals surface area contributed by atoms with Crippen LogP contribution in [0.25, 0.3) is 11.1 Å². The molecule has 6 nitrogen and oxygen atoms in total. The number of hydrogen-bond donors (Lipinski definition) is 2. The lowest BCUT2D eigenvalue weighted by molar-refractivity contribution is -0.125. The molecule has 2 N–H and O–H groups in total. The highest BCUT2D eigenvalue weighted by Gasteiger charge is 2.28. The third-order valence-corrected chi connectivity index (χ3v) is 4.37. The van der Waals surface area contributed by atoms with E-state index in [2.05, 4.69) is 15.5 Å². The Balaban J connectivity index is 1.55. The Morgan fingerprint density at radius 3 is 2.69 bits per heavy atom. The molecule has 2 heterocycles. The fourth-order valence-corrected chi connectivity index (χ4v) is 2.96. The summed E-state index contributed by atoms with van der Waals surface area (Å²) in [6.45, 7) is 2.03. The molecule has 7 heteroatoms. The number of halogens is 1. The van der Waals surface area contributed by atoms with E-state index in [0.29, 0.717) is 22.3 Å². The number of amides is 1. The number of carbonyl (C=O) groups is 1. The van der Waals surface area contributed by atoms with Crippen LogP contribution >= 0.6 is 11.6 Å². The minimum atomic E-state index is -0.750. The molecule has 132 valence electrons. The molecular formula is C19H16ClN3O3. The van der Waals surface area contributed by atoms with Crippen molar-refractivity contribution in [2.45, 2.75) is 13.0 Å². The molecular weight excluding hydrogens is 354 g/mol. The molecule has 0 saturated heterocycles. The molecule has 1 aliphatic rings. The van der Waals surface area contributed by atoms with Gasteiger partial charge in [0, 0.05) is 16.3 Å². The predicted octanol–water partition coefficient (Wildman–Crippen LogP) is 3.82. The molecule has 0 aliphatic carbocycles. The van der Waals surface area contributed by atoms with Gasteiger partial charge in [-0.1, -0.05) is 35.9 Å². The van der Waals surface area contributed by atoms with Gasteiger partial charge in [0.2, 0.25) is 6.10 Å². The van der Waals surface area contributed by atoms with Gasteiger partial charge in [0.05, 0.1) is 0 Å². The average molecular weight is 370 g/mol. The van der Waals surface area contributed by atoms with Crippen molar-refractivity contribution in [2.24, 2.45) is 0 Å². The first-order valence-electron chi connectivity index (χ1n) is 8.12. The number of rotatable bonds is 3. The van der Waals surface area contributed by atoms with E-state index in [4.69, 9.17) is 21.1 Å². The zero-order valence-corrected chi connectivity index (χ0v) is 14.7. The van der Waals surface area contributed by atoms with E-state index < -0.39 is 6.10 Å². The van der Waals surface area contributed by atoms with Crippen LogP contribution in [0, 0.1) is 6.92 Å². The summed E-state index contributed by atoms with van der Waals surface area (Å²) in [5.74, 6) is 1.31. The van der Waals surface area contributed by atoms with Gasteiger partial charge in [-0.25, -0.2) is 0 Å². The molecule has 1 aromatic heterocycles. The smallest absolute Gasteiger partial charge is 0.270 e. The fourth-order valence-electron chi connectivity index (χ4n) is 2.84. The van der Waals surface area contributed by atoms with Crippen LogP contribution in [-0.2, 0) is 4.79 Å². The third kappa shape index (κ3) is 3.11. The summed E-state index contributed by atoms with van der Waals surface area (Å²) in [6, 6.07) is 14.6. The number of aromatic amines is 1. The van der Waals surface area contributed by atoms with Gasteiger partial charge < -0.3 is 14.8 Å². The molecule has 3 aromatic rings. The van der Waals surface area contributed by atoms with Gasteiger partial charge >= 0.3 is 0 Å². The summed E-state index contributed by atoms with van der Waals surface area (Å²) in [6.07, 6.45) is -0.750. The van der Waals surface area contributed by atoms with Gasteiger partial charge in [-0.2, -0.15) is 5.10 Å². The Morgan fingerprint density at radius 2 is 1.92 bits per heavy atom. The van der Waals surface area contributed by atoms with Crippen molar-refractivity contribution >= 4 is 23.3 Å². The molecule has 0 radical (unpaired) electrons. The summed E-state index contributed by atoms with van der Waals surface area (Å²) >= 11 is 5.96. The third-order valence-electron chi connectivity index (χ3n) is 4.12. The van der Waals surface area contributed by atoms with Crippen molar-refractivity contribution in [3.63, 3.8) is 0 Å². The maximum absolute atomic E-state index is 12.6. The first kappa shape index (κ1) is 16.5. The van der Waals surface area contributed by atoms with Gasteiger partial charge in [-0.3, -0.25) is 9.89 Å². The number of carbonyl (C=O) groups excluding carboxylic acids is 1. The number of hydrogen-bond acceptors (Lipinski definition) is 4. The molecule has 1 aliphatic heterocycles. The van der Waals surface area contributed by atoms with Crippen molar-refractivity contribution in [1.29, 1.82) is 0 Å². The summed E-state index contributed by atoms with van der Waals surface area (Å²) in [5.41, 5.74) is 2.56. The summed E-state index contributed by atoms with van der Waals surface area (Å²) in [7, 11) is 0. The minimum Gasteiger partial charge on any atom is -0.485 e. The van der Waals surface area contributed by atoms with Crippen LogP contribution < -0.4 is 14.8 Å². The van der Waals surface area contributed by atoms with E-state index in [-0.39, 0.29) is 12.5 Å². The first-order valence-corrected chi connectivity index (χ1v) is 8.50. The minimum absolute atomic E-state index is 0.141. The van der Waals surface area contributed by atoms with Crippen LogP contribution in [-0.4, -0.2) is 28.8 Å². The molecule has 0 bridgehead atoms.